The van der Waals surface area contributed by atoms with Gasteiger partial charge in [-0.05, 0) is 18.4 Å². The first-order chi connectivity index (χ1) is 7.70. The van der Waals surface area contributed by atoms with Crippen LogP contribution in [0.4, 0.5) is 0 Å². The van der Waals surface area contributed by atoms with Crippen LogP contribution in [0.15, 0.2) is 24.3 Å². The highest BCUT2D eigenvalue weighted by molar-refractivity contribution is 5.35. The third-order valence-corrected chi connectivity index (χ3v) is 2.55. The Kier molecular flexibility index (Phi) is 5.33. The highest BCUT2D eigenvalue weighted by Gasteiger charge is 2.19. The van der Waals surface area contributed by atoms with Gasteiger partial charge in [-0.2, -0.15) is 0 Å². The Balaban J connectivity index is 2.91. The van der Waals surface area contributed by atoms with Crippen molar-refractivity contribution in [2.45, 2.75) is 33.3 Å². The van der Waals surface area contributed by atoms with Crippen molar-refractivity contribution in [3.8, 4) is 5.75 Å². The predicted molar refractivity (Wildman–Crippen MR) is 66.8 cm³/mol. The zero-order valence-corrected chi connectivity index (χ0v) is 10.7. The molecule has 0 aliphatic carbocycles. The first-order valence-corrected chi connectivity index (χ1v) is 5.95. The van der Waals surface area contributed by atoms with Gasteiger partial charge in [0.2, 0.25) is 0 Å². The molecular weight excluding hydrogens is 200 g/mol. The Morgan fingerprint density at radius 2 is 1.88 bits per heavy atom. The van der Waals surface area contributed by atoms with E-state index in [0.717, 1.165) is 24.3 Å². The summed E-state index contributed by atoms with van der Waals surface area (Å²) < 4.78 is 11.3. The van der Waals surface area contributed by atoms with E-state index in [4.69, 9.17) is 9.47 Å². The smallest absolute Gasteiger partial charge is 0.124 e. The Morgan fingerprint density at radius 1 is 1.19 bits per heavy atom. The molecule has 1 aromatic carbocycles. The number of methoxy groups -OCH3 is 1. The number of hydrogen-bond donors (Lipinski definition) is 0. The molecule has 0 saturated heterocycles. The van der Waals surface area contributed by atoms with Crippen molar-refractivity contribution in [3.63, 3.8) is 0 Å². The maximum absolute atomic E-state index is 5.90. The fraction of sp³-hybridized carbons (Fsp3) is 0.571. The topological polar surface area (TPSA) is 18.5 Å². The lowest BCUT2D eigenvalue weighted by Crippen LogP contribution is -2.13. The predicted octanol–water partition coefficient (Wildman–Crippen LogP) is 3.82. The molecule has 90 valence electrons. The molecule has 0 aliphatic rings. The summed E-state index contributed by atoms with van der Waals surface area (Å²) in [6.07, 6.45) is 1.16. The molecule has 0 aromatic heterocycles. The quantitative estimate of drug-likeness (QED) is 0.728. The molecule has 1 aromatic rings. The molecule has 0 aliphatic heterocycles. The fourth-order valence-electron chi connectivity index (χ4n) is 1.79. The Hall–Kier alpha value is -1.02. The molecule has 0 N–H and O–H groups in total. The molecule has 0 saturated carbocycles. The van der Waals surface area contributed by atoms with E-state index in [2.05, 4.69) is 26.8 Å². The van der Waals surface area contributed by atoms with Crippen LogP contribution in [0.2, 0.25) is 0 Å². The van der Waals surface area contributed by atoms with Gasteiger partial charge in [0.25, 0.3) is 0 Å². The molecular formula is C14H22O2. The Morgan fingerprint density at radius 3 is 2.44 bits per heavy atom. The van der Waals surface area contributed by atoms with Crippen LogP contribution in [0, 0.1) is 5.92 Å². The highest BCUT2D eigenvalue weighted by atomic mass is 16.5. The molecule has 0 amide bonds. The summed E-state index contributed by atoms with van der Waals surface area (Å²) >= 11 is 0. The van der Waals surface area contributed by atoms with Gasteiger partial charge in [0.05, 0.1) is 13.2 Å². The first-order valence-electron chi connectivity index (χ1n) is 5.95. The third-order valence-electron chi connectivity index (χ3n) is 2.55. The van der Waals surface area contributed by atoms with Crippen LogP contribution in [0.1, 0.15) is 38.9 Å². The summed E-state index contributed by atoms with van der Waals surface area (Å²) in [6.45, 7) is 7.26. The number of benzene rings is 1. The van der Waals surface area contributed by atoms with E-state index in [0.29, 0.717) is 5.92 Å². The van der Waals surface area contributed by atoms with Gasteiger partial charge >= 0.3 is 0 Å². The van der Waals surface area contributed by atoms with Gasteiger partial charge in [-0.1, -0.05) is 39.0 Å². The molecule has 0 bridgehead atoms. The molecule has 2 nitrogen and oxygen atoms in total. The van der Waals surface area contributed by atoms with Gasteiger partial charge in [-0.3, -0.25) is 0 Å². The van der Waals surface area contributed by atoms with E-state index < -0.39 is 0 Å². The van der Waals surface area contributed by atoms with Gasteiger partial charge in [-0.15, -0.1) is 0 Å². The molecule has 1 unspecified atom stereocenters. The molecule has 2 heteroatoms. The van der Waals surface area contributed by atoms with E-state index in [-0.39, 0.29) is 6.10 Å². The summed E-state index contributed by atoms with van der Waals surface area (Å²) in [4.78, 5) is 0. The monoisotopic (exact) mass is 222 g/mol. The molecule has 0 heterocycles. The summed E-state index contributed by atoms with van der Waals surface area (Å²) in [5.74, 6) is 1.36. The van der Waals surface area contributed by atoms with Crippen molar-refractivity contribution in [2.24, 2.45) is 5.92 Å². The van der Waals surface area contributed by atoms with Crippen molar-refractivity contribution in [3.05, 3.63) is 29.8 Å². The van der Waals surface area contributed by atoms with Crippen LogP contribution in [-0.4, -0.2) is 13.7 Å². The van der Waals surface area contributed by atoms with E-state index in [9.17, 15) is 0 Å². The minimum Gasteiger partial charge on any atom is -0.496 e. The summed E-state index contributed by atoms with van der Waals surface area (Å²) in [5, 5.41) is 0. The molecule has 16 heavy (non-hydrogen) atoms. The first kappa shape index (κ1) is 13.0. The standard InChI is InChI=1S/C14H22O2/c1-5-10-16-14(11(2)3)12-8-6-7-9-13(12)15-4/h6-9,11,14H,5,10H2,1-4H3. The van der Waals surface area contributed by atoms with Crippen LogP contribution in [0.5, 0.6) is 5.75 Å². The van der Waals surface area contributed by atoms with E-state index in [1.807, 2.05) is 18.2 Å². The van der Waals surface area contributed by atoms with E-state index >= 15 is 0 Å². The van der Waals surface area contributed by atoms with Crippen molar-refractivity contribution in [1.82, 2.24) is 0 Å². The lowest BCUT2D eigenvalue weighted by atomic mass is 9.98. The van der Waals surface area contributed by atoms with Gasteiger partial charge in [0, 0.05) is 12.2 Å². The number of hydrogen-bond acceptors (Lipinski definition) is 2. The number of ether oxygens (including phenoxy) is 2. The average molecular weight is 222 g/mol. The maximum Gasteiger partial charge on any atom is 0.124 e. The van der Waals surface area contributed by atoms with Crippen LogP contribution < -0.4 is 4.74 Å². The molecule has 1 rings (SSSR count). The number of para-hydroxylation sites is 1. The van der Waals surface area contributed by atoms with Crippen LogP contribution in [0.25, 0.3) is 0 Å². The van der Waals surface area contributed by atoms with E-state index in [1.165, 1.54) is 0 Å². The van der Waals surface area contributed by atoms with Gasteiger partial charge in [0.15, 0.2) is 0 Å². The Labute approximate surface area is 98.6 Å². The number of rotatable bonds is 6. The zero-order chi connectivity index (χ0) is 12.0. The fourth-order valence-corrected chi connectivity index (χ4v) is 1.79. The minimum absolute atomic E-state index is 0.121. The second kappa shape index (κ2) is 6.54. The van der Waals surface area contributed by atoms with Crippen molar-refractivity contribution < 1.29 is 9.47 Å². The molecule has 0 fully saturated rings. The van der Waals surface area contributed by atoms with Crippen molar-refractivity contribution in [2.75, 3.05) is 13.7 Å². The lowest BCUT2D eigenvalue weighted by molar-refractivity contribution is 0.0199. The normalized spacial score (nSPS) is 12.8. The van der Waals surface area contributed by atoms with Crippen molar-refractivity contribution >= 4 is 0 Å². The van der Waals surface area contributed by atoms with Gasteiger partial charge < -0.3 is 9.47 Å². The maximum atomic E-state index is 5.90. The summed E-state index contributed by atoms with van der Waals surface area (Å²) in [6, 6.07) is 8.08. The second-order valence-electron chi connectivity index (χ2n) is 4.28. The van der Waals surface area contributed by atoms with Crippen LogP contribution in [0.3, 0.4) is 0 Å². The SMILES string of the molecule is CCCOC(c1ccccc1OC)C(C)C. The minimum atomic E-state index is 0.121. The lowest BCUT2D eigenvalue weighted by Gasteiger charge is -2.23. The summed E-state index contributed by atoms with van der Waals surface area (Å²) in [5.41, 5.74) is 1.15. The molecule has 0 spiro atoms. The van der Waals surface area contributed by atoms with E-state index in [1.54, 1.807) is 7.11 Å². The van der Waals surface area contributed by atoms with Gasteiger partial charge in [-0.25, -0.2) is 0 Å². The Bertz CT molecular complexity index is 307. The largest absolute Gasteiger partial charge is 0.496 e. The summed E-state index contributed by atoms with van der Waals surface area (Å²) in [7, 11) is 1.70. The van der Waals surface area contributed by atoms with Crippen LogP contribution >= 0.6 is 0 Å². The zero-order valence-electron chi connectivity index (χ0n) is 10.7. The van der Waals surface area contributed by atoms with Crippen molar-refractivity contribution in [1.29, 1.82) is 0 Å². The van der Waals surface area contributed by atoms with Crippen LogP contribution in [-0.2, 0) is 4.74 Å². The second-order valence-corrected chi connectivity index (χ2v) is 4.28. The molecule has 0 radical (unpaired) electrons. The van der Waals surface area contributed by atoms with Gasteiger partial charge in [0.1, 0.15) is 5.75 Å². The average Bonchev–Trinajstić information content (AvgIpc) is 2.29. The highest BCUT2D eigenvalue weighted by Crippen LogP contribution is 2.32. The molecule has 1 atom stereocenters. The third kappa shape index (κ3) is 3.24.